The molecule has 2 unspecified atom stereocenters. The predicted molar refractivity (Wildman–Crippen MR) is 75.2 cm³/mol. The summed E-state index contributed by atoms with van der Waals surface area (Å²) in [6.45, 7) is 11.0. The Morgan fingerprint density at radius 2 is 2.05 bits per heavy atom. The topological polar surface area (TPSA) is 50.8 Å². The van der Waals surface area contributed by atoms with Crippen LogP contribution in [0, 0.1) is 0 Å². The molecular weight excluding hydrogens is 244 g/mol. The number of rotatable bonds is 8. The molecule has 1 N–H and O–H groups in total. The summed E-state index contributed by atoms with van der Waals surface area (Å²) in [5, 5.41) is 3.39. The average Bonchev–Trinajstić information content (AvgIpc) is 2.39. The summed E-state index contributed by atoms with van der Waals surface area (Å²) in [7, 11) is 0. The van der Waals surface area contributed by atoms with E-state index in [1.165, 1.54) is 0 Å². The third-order valence-electron chi connectivity index (χ3n) is 3.27. The number of carbonyl (C=O) groups is 1. The Kier molecular flexibility index (Phi) is 8.02. The van der Waals surface area contributed by atoms with Crippen LogP contribution < -0.4 is 5.32 Å². The highest BCUT2D eigenvalue weighted by atomic mass is 16.5. The lowest BCUT2D eigenvalue weighted by atomic mass is 10.1. The third kappa shape index (κ3) is 6.36. The highest BCUT2D eigenvalue weighted by Gasteiger charge is 2.22. The van der Waals surface area contributed by atoms with Crippen molar-refractivity contribution in [3.05, 3.63) is 0 Å². The fourth-order valence-corrected chi connectivity index (χ4v) is 2.37. The Labute approximate surface area is 116 Å². The van der Waals surface area contributed by atoms with Crippen LogP contribution in [-0.2, 0) is 14.3 Å². The molecule has 1 aliphatic rings. The minimum atomic E-state index is -0.180. The molecule has 0 aromatic rings. The van der Waals surface area contributed by atoms with Crippen LogP contribution in [-0.4, -0.2) is 62.4 Å². The van der Waals surface area contributed by atoms with Gasteiger partial charge >= 0.3 is 5.97 Å². The van der Waals surface area contributed by atoms with Gasteiger partial charge in [0.05, 0.1) is 19.8 Å². The van der Waals surface area contributed by atoms with Crippen LogP contribution in [0.15, 0.2) is 0 Å². The quantitative estimate of drug-likeness (QED) is 0.669. The van der Waals surface area contributed by atoms with Crippen molar-refractivity contribution in [3.63, 3.8) is 0 Å². The molecule has 112 valence electrons. The summed E-state index contributed by atoms with van der Waals surface area (Å²) < 4.78 is 10.4. The van der Waals surface area contributed by atoms with Crippen LogP contribution in [0.3, 0.4) is 0 Å². The van der Waals surface area contributed by atoms with Crippen LogP contribution in [0.25, 0.3) is 0 Å². The van der Waals surface area contributed by atoms with Crippen LogP contribution in [0.4, 0.5) is 0 Å². The highest BCUT2D eigenvalue weighted by molar-refractivity contribution is 5.75. The van der Waals surface area contributed by atoms with E-state index in [1.807, 2.05) is 6.92 Å². The average molecular weight is 272 g/mol. The van der Waals surface area contributed by atoms with Crippen molar-refractivity contribution < 1.29 is 14.3 Å². The van der Waals surface area contributed by atoms with E-state index in [0.717, 1.165) is 45.7 Å². The van der Waals surface area contributed by atoms with E-state index in [9.17, 15) is 4.79 Å². The van der Waals surface area contributed by atoms with Gasteiger partial charge in [0.25, 0.3) is 0 Å². The summed E-state index contributed by atoms with van der Waals surface area (Å²) in [6, 6.07) is 0.0973. The van der Waals surface area contributed by atoms with Gasteiger partial charge in [-0.15, -0.1) is 0 Å². The number of nitrogens with zero attached hydrogens (tertiary/aromatic N) is 1. The van der Waals surface area contributed by atoms with Crippen molar-refractivity contribution in [2.24, 2.45) is 0 Å². The minimum Gasteiger partial charge on any atom is -0.465 e. The molecule has 5 heteroatoms. The fraction of sp³-hybridized carbons (Fsp3) is 0.929. The number of hydrogen-bond donors (Lipinski definition) is 1. The molecule has 0 aromatic heterocycles. The Hall–Kier alpha value is -0.650. The first-order valence-electron chi connectivity index (χ1n) is 7.40. The van der Waals surface area contributed by atoms with Crippen LogP contribution in [0.2, 0.25) is 0 Å². The first-order valence-corrected chi connectivity index (χ1v) is 7.40. The second kappa shape index (κ2) is 9.28. The lowest BCUT2D eigenvalue weighted by Gasteiger charge is -2.30. The van der Waals surface area contributed by atoms with Crippen molar-refractivity contribution in [2.45, 2.75) is 45.7 Å². The molecule has 0 radical (unpaired) electrons. The molecule has 2 atom stereocenters. The zero-order valence-corrected chi connectivity index (χ0v) is 12.5. The van der Waals surface area contributed by atoms with E-state index in [1.54, 1.807) is 0 Å². The number of hydrogen-bond acceptors (Lipinski definition) is 5. The first-order chi connectivity index (χ1) is 9.17. The van der Waals surface area contributed by atoms with Crippen LogP contribution in [0.1, 0.15) is 33.6 Å². The Morgan fingerprint density at radius 3 is 2.63 bits per heavy atom. The molecule has 0 saturated carbocycles. The Balaban J connectivity index is 2.36. The molecule has 0 amide bonds. The van der Waals surface area contributed by atoms with Gasteiger partial charge in [0.1, 0.15) is 6.04 Å². The summed E-state index contributed by atoms with van der Waals surface area (Å²) >= 11 is 0. The lowest BCUT2D eigenvalue weighted by Crippen LogP contribution is -2.49. The van der Waals surface area contributed by atoms with Crippen molar-refractivity contribution in [2.75, 3.05) is 39.5 Å². The van der Waals surface area contributed by atoms with Gasteiger partial charge in [-0.25, -0.2) is 0 Å². The smallest absolute Gasteiger partial charge is 0.323 e. The first kappa shape index (κ1) is 16.4. The maximum Gasteiger partial charge on any atom is 0.323 e. The summed E-state index contributed by atoms with van der Waals surface area (Å²) in [4.78, 5) is 14.2. The van der Waals surface area contributed by atoms with Crippen molar-refractivity contribution in [1.82, 2.24) is 10.2 Å². The van der Waals surface area contributed by atoms with E-state index < -0.39 is 0 Å². The molecular formula is C14H28N2O3. The zero-order chi connectivity index (χ0) is 14.1. The van der Waals surface area contributed by atoms with E-state index in [2.05, 4.69) is 24.1 Å². The molecule has 1 rings (SSSR count). The lowest BCUT2D eigenvalue weighted by molar-refractivity contribution is -0.146. The maximum atomic E-state index is 11.8. The largest absolute Gasteiger partial charge is 0.465 e. The number of nitrogens with one attached hydrogen (secondary N) is 1. The van der Waals surface area contributed by atoms with Gasteiger partial charge < -0.3 is 14.8 Å². The molecule has 1 saturated heterocycles. The van der Waals surface area contributed by atoms with E-state index in [0.29, 0.717) is 6.61 Å². The van der Waals surface area contributed by atoms with Gasteiger partial charge in [0.15, 0.2) is 0 Å². The molecule has 0 aliphatic carbocycles. The molecule has 1 fully saturated rings. The Morgan fingerprint density at radius 1 is 1.37 bits per heavy atom. The molecule has 0 bridgehead atoms. The highest BCUT2D eigenvalue weighted by Crippen LogP contribution is 2.04. The minimum absolute atomic E-state index is 0.127. The zero-order valence-electron chi connectivity index (χ0n) is 12.5. The molecule has 1 aliphatic heterocycles. The second-order valence-electron chi connectivity index (χ2n) is 5.07. The SMILES string of the molecule is CCCC(NC(C)CN1CCOCC1)C(=O)OCC. The number of esters is 1. The van der Waals surface area contributed by atoms with Gasteiger partial charge in [-0.05, 0) is 20.3 Å². The molecule has 0 spiro atoms. The van der Waals surface area contributed by atoms with Crippen LogP contribution in [0.5, 0.6) is 0 Å². The number of carbonyl (C=O) groups excluding carboxylic acids is 1. The fourth-order valence-electron chi connectivity index (χ4n) is 2.37. The van der Waals surface area contributed by atoms with Gasteiger partial charge in [-0.1, -0.05) is 13.3 Å². The third-order valence-corrected chi connectivity index (χ3v) is 3.27. The van der Waals surface area contributed by atoms with Crippen molar-refractivity contribution in [1.29, 1.82) is 0 Å². The van der Waals surface area contributed by atoms with E-state index >= 15 is 0 Å². The molecule has 1 heterocycles. The summed E-state index contributed by atoms with van der Waals surface area (Å²) in [6.07, 6.45) is 1.80. The standard InChI is InChI=1S/C14H28N2O3/c1-4-6-13(14(17)19-5-2)15-12(3)11-16-7-9-18-10-8-16/h12-13,15H,4-11H2,1-3H3. The second-order valence-corrected chi connectivity index (χ2v) is 5.07. The number of morpholine rings is 1. The van der Waals surface area contributed by atoms with Crippen LogP contribution >= 0.6 is 0 Å². The van der Waals surface area contributed by atoms with Gasteiger partial charge in [0, 0.05) is 25.7 Å². The monoisotopic (exact) mass is 272 g/mol. The summed E-state index contributed by atoms with van der Waals surface area (Å²) in [5.41, 5.74) is 0. The molecule has 0 aromatic carbocycles. The van der Waals surface area contributed by atoms with Gasteiger partial charge in [-0.2, -0.15) is 0 Å². The van der Waals surface area contributed by atoms with Crippen molar-refractivity contribution >= 4 is 5.97 Å². The Bertz CT molecular complexity index is 255. The predicted octanol–water partition coefficient (Wildman–Crippen LogP) is 1.03. The van der Waals surface area contributed by atoms with Crippen molar-refractivity contribution in [3.8, 4) is 0 Å². The van der Waals surface area contributed by atoms with Gasteiger partial charge in [-0.3, -0.25) is 9.69 Å². The maximum absolute atomic E-state index is 11.8. The summed E-state index contributed by atoms with van der Waals surface area (Å²) in [5.74, 6) is -0.127. The molecule has 5 nitrogen and oxygen atoms in total. The van der Waals surface area contributed by atoms with Gasteiger partial charge in [0.2, 0.25) is 0 Å². The molecule has 19 heavy (non-hydrogen) atoms. The normalized spacial score (nSPS) is 19.9. The van der Waals surface area contributed by atoms with E-state index in [-0.39, 0.29) is 18.1 Å². The van der Waals surface area contributed by atoms with E-state index in [4.69, 9.17) is 9.47 Å². The number of ether oxygens (including phenoxy) is 2.